The third kappa shape index (κ3) is 3.22. The highest BCUT2D eigenvalue weighted by Crippen LogP contribution is 2.19. The highest BCUT2D eigenvalue weighted by atomic mass is 32.1. The molecule has 1 amide bonds. The van der Waals surface area contributed by atoms with Gasteiger partial charge in [-0.2, -0.15) is 11.3 Å². The Bertz CT molecular complexity index is 497. The van der Waals surface area contributed by atoms with Crippen LogP contribution in [0.5, 0.6) is 5.75 Å². The number of amides is 1. The van der Waals surface area contributed by atoms with Gasteiger partial charge in [-0.1, -0.05) is 12.1 Å². The molecule has 0 saturated heterocycles. The fourth-order valence-corrected chi connectivity index (χ4v) is 1.88. The molecule has 0 aliphatic heterocycles. The smallest absolute Gasteiger partial charge is 0.262 e. The number of nitrogen functional groups attached to an aromatic ring is 1. The zero-order valence-electron chi connectivity index (χ0n) is 9.05. The number of carbonyl (C=O) groups is 1. The monoisotopic (exact) mass is 248 g/mol. The topological polar surface area (TPSA) is 64.3 Å². The van der Waals surface area contributed by atoms with E-state index in [-0.39, 0.29) is 12.5 Å². The van der Waals surface area contributed by atoms with Crippen molar-refractivity contribution in [2.24, 2.45) is 0 Å². The number of para-hydroxylation sites is 2. The van der Waals surface area contributed by atoms with Gasteiger partial charge in [-0.05, 0) is 23.6 Å². The number of nitrogens with one attached hydrogen (secondary N) is 1. The molecule has 5 heteroatoms. The Hall–Kier alpha value is -2.01. The molecule has 0 saturated carbocycles. The summed E-state index contributed by atoms with van der Waals surface area (Å²) in [6.45, 7) is -0.0515. The van der Waals surface area contributed by atoms with Crippen LogP contribution < -0.4 is 15.8 Å². The minimum absolute atomic E-state index is 0.0515. The van der Waals surface area contributed by atoms with E-state index >= 15 is 0 Å². The maximum atomic E-state index is 11.5. The van der Waals surface area contributed by atoms with Crippen molar-refractivity contribution < 1.29 is 9.53 Å². The number of benzene rings is 1. The molecule has 3 N–H and O–H groups in total. The molecule has 0 aliphatic rings. The lowest BCUT2D eigenvalue weighted by atomic mass is 10.3. The minimum atomic E-state index is -0.202. The Morgan fingerprint density at radius 1 is 1.35 bits per heavy atom. The minimum Gasteiger partial charge on any atom is -0.482 e. The van der Waals surface area contributed by atoms with Crippen molar-refractivity contribution in [1.82, 2.24) is 0 Å². The van der Waals surface area contributed by atoms with E-state index in [1.54, 1.807) is 12.1 Å². The summed E-state index contributed by atoms with van der Waals surface area (Å²) in [4.78, 5) is 11.5. The van der Waals surface area contributed by atoms with Gasteiger partial charge in [-0.15, -0.1) is 0 Å². The molecule has 0 fully saturated rings. The van der Waals surface area contributed by atoms with E-state index in [1.165, 1.54) is 11.3 Å². The molecular weight excluding hydrogens is 236 g/mol. The summed E-state index contributed by atoms with van der Waals surface area (Å²) in [6, 6.07) is 8.91. The summed E-state index contributed by atoms with van der Waals surface area (Å²) < 4.78 is 5.31. The SMILES string of the molecule is Nc1ccccc1OCC(=O)Nc1ccsc1. The van der Waals surface area contributed by atoms with Crippen LogP contribution in [0.4, 0.5) is 11.4 Å². The number of hydrogen-bond acceptors (Lipinski definition) is 4. The average Bonchev–Trinajstić information content (AvgIpc) is 2.81. The van der Waals surface area contributed by atoms with E-state index in [9.17, 15) is 4.79 Å². The molecule has 0 bridgehead atoms. The average molecular weight is 248 g/mol. The number of ether oxygens (including phenoxy) is 1. The molecule has 2 aromatic rings. The lowest BCUT2D eigenvalue weighted by Gasteiger charge is -2.08. The number of nitrogens with two attached hydrogens (primary N) is 1. The van der Waals surface area contributed by atoms with E-state index in [2.05, 4.69) is 5.32 Å². The third-order valence-corrected chi connectivity index (χ3v) is 2.77. The van der Waals surface area contributed by atoms with Crippen LogP contribution in [0.15, 0.2) is 41.1 Å². The number of carbonyl (C=O) groups excluding carboxylic acids is 1. The Balaban J connectivity index is 1.86. The first-order valence-electron chi connectivity index (χ1n) is 5.05. The van der Waals surface area contributed by atoms with Crippen molar-refractivity contribution in [3.8, 4) is 5.75 Å². The Kier molecular flexibility index (Phi) is 3.62. The van der Waals surface area contributed by atoms with E-state index in [4.69, 9.17) is 10.5 Å². The number of anilines is 2. The summed E-state index contributed by atoms with van der Waals surface area (Å²) in [6.07, 6.45) is 0. The standard InChI is InChI=1S/C12H12N2O2S/c13-10-3-1-2-4-11(10)16-7-12(15)14-9-5-6-17-8-9/h1-6,8H,7,13H2,(H,14,15). The number of rotatable bonds is 4. The summed E-state index contributed by atoms with van der Waals surface area (Å²) in [7, 11) is 0. The molecule has 1 aromatic carbocycles. The molecule has 1 aromatic heterocycles. The van der Waals surface area contributed by atoms with E-state index in [1.807, 2.05) is 29.0 Å². The van der Waals surface area contributed by atoms with Crippen LogP contribution in [0.2, 0.25) is 0 Å². The second-order valence-corrected chi connectivity index (χ2v) is 4.17. The van der Waals surface area contributed by atoms with Gasteiger partial charge in [0.25, 0.3) is 5.91 Å². The molecule has 4 nitrogen and oxygen atoms in total. The largest absolute Gasteiger partial charge is 0.482 e. The van der Waals surface area contributed by atoms with Crippen LogP contribution in [0.1, 0.15) is 0 Å². The van der Waals surface area contributed by atoms with E-state index in [0.29, 0.717) is 11.4 Å². The van der Waals surface area contributed by atoms with Crippen molar-refractivity contribution in [3.05, 3.63) is 41.1 Å². The van der Waals surface area contributed by atoms with Crippen molar-refractivity contribution in [2.75, 3.05) is 17.7 Å². The first kappa shape index (κ1) is 11.5. The van der Waals surface area contributed by atoms with Gasteiger partial charge in [0.05, 0.1) is 11.4 Å². The molecular formula is C12H12N2O2S. The quantitative estimate of drug-likeness (QED) is 0.816. The zero-order valence-corrected chi connectivity index (χ0v) is 9.87. The first-order chi connectivity index (χ1) is 8.25. The summed E-state index contributed by atoms with van der Waals surface area (Å²) in [5.41, 5.74) is 6.99. The van der Waals surface area contributed by atoms with E-state index in [0.717, 1.165) is 5.69 Å². The van der Waals surface area contributed by atoms with Gasteiger partial charge in [-0.25, -0.2) is 0 Å². The maximum absolute atomic E-state index is 11.5. The fraction of sp³-hybridized carbons (Fsp3) is 0.0833. The van der Waals surface area contributed by atoms with Gasteiger partial charge < -0.3 is 15.8 Å². The van der Waals surface area contributed by atoms with Gasteiger partial charge in [-0.3, -0.25) is 4.79 Å². The molecule has 2 rings (SSSR count). The van der Waals surface area contributed by atoms with Crippen molar-refractivity contribution >= 4 is 28.6 Å². The van der Waals surface area contributed by atoms with Crippen LogP contribution in [0.3, 0.4) is 0 Å². The molecule has 0 spiro atoms. The van der Waals surface area contributed by atoms with Gasteiger partial charge in [0.1, 0.15) is 5.75 Å². The molecule has 17 heavy (non-hydrogen) atoms. The maximum Gasteiger partial charge on any atom is 0.262 e. The molecule has 1 heterocycles. The van der Waals surface area contributed by atoms with Gasteiger partial charge in [0.2, 0.25) is 0 Å². The lowest BCUT2D eigenvalue weighted by molar-refractivity contribution is -0.118. The Morgan fingerprint density at radius 3 is 2.88 bits per heavy atom. The van der Waals surface area contributed by atoms with Gasteiger partial charge >= 0.3 is 0 Å². The second kappa shape index (κ2) is 5.36. The zero-order chi connectivity index (χ0) is 12.1. The molecule has 88 valence electrons. The highest BCUT2D eigenvalue weighted by molar-refractivity contribution is 7.08. The molecule has 0 unspecified atom stereocenters. The predicted molar refractivity (Wildman–Crippen MR) is 69.3 cm³/mol. The van der Waals surface area contributed by atoms with Crippen molar-refractivity contribution in [3.63, 3.8) is 0 Å². The Labute approximate surface area is 103 Å². The van der Waals surface area contributed by atoms with Crippen molar-refractivity contribution in [2.45, 2.75) is 0 Å². The normalized spacial score (nSPS) is 9.88. The lowest BCUT2D eigenvalue weighted by Crippen LogP contribution is -2.20. The van der Waals surface area contributed by atoms with Crippen molar-refractivity contribution in [1.29, 1.82) is 0 Å². The fourth-order valence-electron chi connectivity index (χ4n) is 1.29. The third-order valence-electron chi connectivity index (χ3n) is 2.08. The molecule has 0 aliphatic carbocycles. The van der Waals surface area contributed by atoms with Crippen LogP contribution in [-0.4, -0.2) is 12.5 Å². The van der Waals surface area contributed by atoms with Crippen LogP contribution in [-0.2, 0) is 4.79 Å². The Morgan fingerprint density at radius 2 is 2.18 bits per heavy atom. The summed E-state index contributed by atoms with van der Waals surface area (Å²) in [5, 5.41) is 6.47. The summed E-state index contributed by atoms with van der Waals surface area (Å²) >= 11 is 1.52. The molecule has 0 radical (unpaired) electrons. The second-order valence-electron chi connectivity index (χ2n) is 3.39. The first-order valence-corrected chi connectivity index (χ1v) is 5.99. The van der Waals surface area contributed by atoms with Gasteiger partial charge in [0.15, 0.2) is 6.61 Å². The number of hydrogen-bond donors (Lipinski definition) is 2. The van der Waals surface area contributed by atoms with Crippen LogP contribution >= 0.6 is 11.3 Å². The van der Waals surface area contributed by atoms with Crippen LogP contribution in [0.25, 0.3) is 0 Å². The van der Waals surface area contributed by atoms with Gasteiger partial charge in [0, 0.05) is 5.38 Å². The molecule has 0 atom stereocenters. The van der Waals surface area contributed by atoms with E-state index < -0.39 is 0 Å². The predicted octanol–water partition coefficient (Wildman–Crippen LogP) is 2.35. The summed E-state index contributed by atoms with van der Waals surface area (Å²) in [5.74, 6) is 0.319. The van der Waals surface area contributed by atoms with Crippen LogP contribution in [0, 0.1) is 0 Å². The number of thiophene rings is 1. The highest BCUT2D eigenvalue weighted by Gasteiger charge is 2.05.